The van der Waals surface area contributed by atoms with Crippen molar-refractivity contribution in [3.8, 4) is 5.75 Å². The quantitative estimate of drug-likeness (QED) is 0.868. The van der Waals surface area contributed by atoms with E-state index in [1.807, 2.05) is 24.3 Å². The molecule has 1 aliphatic heterocycles. The molecule has 3 atom stereocenters. The number of benzene rings is 1. The van der Waals surface area contributed by atoms with E-state index in [9.17, 15) is 4.79 Å². The Kier molecular flexibility index (Phi) is 6.72. The molecule has 3 rings (SSSR count). The molecule has 2 fully saturated rings. The third kappa shape index (κ3) is 4.61. The number of ether oxygens (including phenoxy) is 1. The second-order valence-corrected chi connectivity index (χ2v) is 6.50. The maximum atomic E-state index is 12.3. The molecule has 1 amide bonds. The molecule has 1 saturated heterocycles. The first-order valence-electron chi connectivity index (χ1n) is 8.43. The summed E-state index contributed by atoms with van der Waals surface area (Å²) in [5, 5.41) is 6.61. The van der Waals surface area contributed by atoms with Crippen LogP contribution >= 0.6 is 12.4 Å². The minimum atomic E-state index is 0. The molecular formula is C18H27ClN2O2. The first-order chi connectivity index (χ1) is 10.8. The average molecular weight is 339 g/mol. The lowest BCUT2D eigenvalue weighted by Gasteiger charge is -2.24. The number of methoxy groups -OCH3 is 1. The van der Waals surface area contributed by atoms with Gasteiger partial charge in [0.15, 0.2) is 0 Å². The molecule has 3 unspecified atom stereocenters. The van der Waals surface area contributed by atoms with Crippen LogP contribution in [0.25, 0.3) is 0 Å². The first kappa shape index (κ1) is 18.1. The summed E-state index contributed by atoms with van der Waals surface area (Å²) < 4.78 is 5.15. The average Bonchev–Trinajstić information content (AvgIpc) is 2.99. The van der Waals surface area contributed by atoms with Crippen LogP contribution < -0.4 is 15.4 Å². The fraction of sp³-hybridized carbons (Fsp3) is 0.611. The number of hydrogen-bond donors (Lipinski definition) is 2. The summed E-state index contributed by atoms with van der Waals surface area (Å²) in [6.07, 6.45) is 7.02. The van der Waals surface area contributed by atoms with Gasteiger partial charge in [-0.2, -0.15) is 0 Å². The van der Waals surface area contributed by atoms with Gasteiger partial charge in [0.2, 0.25) is 5.91 Å². The highest BCUT2D eigenvalue weighted by molar-refractivity contribution is 5.85. The van der Waals surface area contributed by atoms with Gasteiger partial charge in [-0.25, -0.2) is 0 Å². The van der Waals surface area contributed by atoms with Crippen LogP contribution in [-0.4, -0.2) is 31.6 Å². The van der Waals surface area contributed by atoms with Gasteiger partial charge in [-0.3, -0.25) is 4.79 Å². The monoisotopic (exact) mass is 338 g/mol. The van der Waals surface area contributed by atoms with Crippen LogP contribution in [0.5, 0.6) is 5.75 Å². The van der Waals surface area contributed by atoms with Crippen molar-refractivity contribution >= 4 is 18.3 Å². The largest absolute Gasteiger partial charge is 0.497 e. The van der Waals surface area contributed by atoms with Gasteiger partial charge in [-0.1, -0.05) is 25.0 Å². The van der Waals surface area contributed by atoms with Crippen LogP contribution in [0.3, 0.4) is 0 Å². The van der Waals surface area contributed by atoms with Crippen LogP contribution in [-0.2, 0) is 11.2 Å². The Morgan fingerprint density at radius 3 is 2.70 bits per heavy atom. The SMILES string of the molecule is COc1ccc(CCNC(=O)C2CC3CCCCC3N2)cc1.Cl. The van der Waals surface area contributed by atoms with Gasteiger partial charge in [0, 0.05) is 12.6 Å². The summed E-state index contributed by atoms with van der Waals surface area (Å²) in [6.45, 7) is 0.693. The van der Waals surface area contributed by atoms with E-state index in [0.717, 1.165) is 18.6 Å². The molecule has 1 saturated carbocycles. The zero-order valence-electron chi connectivity index (χ0n) is 13.7. The molecule has 5 heteroatoms. The maximum Gasteiger partial charge on any atom is 0.237 e. The highest BCUT2D eigenvalue weighted by atomic mass is 35.5. The van der Waals surface area contributed by atoms with Crippen molar-refractivity contribution < 1.29 is 9.53 Å². The molecule has 0 radical (unpaired) electrons. The van der Waals surface area contributed by atoms with E-state index in [1.54, 1.807) is 7.11 Å². The summed E-state index contributed by atoms with van der Waals surface area (Å²) in [6, 6.07) is 8.61. The van der Waals surface area contributed by atoms with Crippen molar-refractivity contribution in [2.45, 2.75) is 50.6 Å². The topological polar surface area (TPSA) is 50.4 Å². The molecule has 1 aromatic rings. The second-order valence-electron chi connectivity index (χ2n) is 6.50. The van der Waals surface area contributed by atoms with Gasteiger partial charge in [0.25, 0.3) is 0 Å². The van der Waals surface area contributed by atoms with E-state index < -0.39 is 0 Å². The Hall–Kier alpha value is -1.26. The van der Waals surface area contributed by atoms with Crippen LogP contribution in [0.1, 0.15) is 37.7 Å². The molecule has 1 heterocycles. The number of hydrogen-bond acceptors (Lipinski definition) is 3. The molecule has 0 bridgehead atoms. The fourth-order valence-electron chi connectivity index (χ4n) is 3.77. The van der Waals surface area contributed by atoms with Crippen LogP contribution in [0.4, 0.5) is 0 Å². The fourth-order valence-corrected chi connectivity index (χ4v) is 3.77. The summed E-state index contributed by atoms with van der Waals surface area (Å²) in [7, 11) is 1.67. The Labute approximate surface area is 144 Å². The van der Waals surface area contributed by atoms with E-state index in [-0.39, 0.29) is 24.4 Å². The first-order valence-corrected chi connectivity index (χ1v) is 8.43. The summed E-state index contributed by atoms with van der Waals surface area (Å²) in [4.78, 5) is 12.3. The molecule has 2 N–H and O–H groups in total. The molecule has 0 aromatic heterocycles. The van der Waals surface area contributed by atoms with E-state index in [0.29, 0.717) is 18.5 Å². The smallest absolute Gasteiger partial charge is 0.237 e. The van der Waals surface area contributed by atoms with Crippen LogP contribution in [0.2, 0.25) is 0 Å². The Morgan fingerprint density at radius 1 is 1.26 bits per heavy atom. The Morgan fingerprint density at radius 2 is 2.00 bits per heavy atom. The standard InChI is InChI=1S/C18H26N2O2.ClH/c1-22-15-8-6-13(7-9-15)10-11-19-18(21)17-12-14-4-2-3-5-16(14)20-17;/h6-9,14,16-17,20H,2-5,10-12H2,1H3,(H,19,21);1H. The third-order valence-electron chi connectivity index (χ3n) is 5.05. The molecule has 0 spiro atoms. The number of nitrogens with one attached hydrogen (secondary N) is 2. The second kappa shape index (κ2) is 8.55. The third-order valence-corrected chi connectivity index (χ3v) is 5.05. The number of fused-ring (bicyclic) bond motifs is 1. The van der Waals surface area contributed by atoms with Gasteiger partial charge < -0.3 is 15.4 Å². The van der Waals surface area contributed by atoms with E-state index in [2.05, 4.69) is 10.6 Å². The molecule has 128 valence electrons. The van der Waals surface area contributed by atoms with Crippen molar-refractivity contribution in [2.24, 2.45) is 5.92 Å². The van der Waals surface area contributed by atoms with E-state index in [4.69, 9.17) is 4.74 Å². The summed E-state index contributed by atoms with van der Waals surface area (Å²) in [5.41, 5.74) is 1.22. The van der Waals surface area contributed by atoms with Crippen molar-refractivity contribution in [2.75, 3.05) is 13.7 Å². The van der Waals surface area contributed by atoms with Crippen molar-refractivity contribution in [1.82, 2.24) is 10.6 Å². The van der Waals surface area contributed by atoms with Gasteiger partial charge in [-0.05, 0) is 49.3 Å². The van der Waals surface area contributed by atoms with Crippen molar-refractivity contribution in [3.05, 3.63) is 29.8 Å². The van der Waals surface area contributed by atoms with Crippen LogP contribution in [0, 0.1) is 5.92 Å². The maximum absolute atomic E-state index is 12.3. The Bertz CT molecular complexity index is 492. The number of carbonyl (C=O) groups is 1. The minimum Gasteiger partial charge on any atom is -0.497 e. The summed E-state index contributed by atoms with van der Waals surface area (Å²) >= 11 is 0. The predicted octanol–water partition coefficient (Wildman–Crippen LogP) is 2.70. The number of rotatable bonds is 5. The zero-order chi connectivity index (χ0) is 15.4. The lowest BCUT2D eigenvalue weighted by atomic mass is 9.85. The van der Waals surface area contributed by atoms with Crippen LogP contribution in [0.15, 0.2) is 24.3 Å². The zero-order valence-corrected chi connectivity index (χ0v) is 14.5. The molecule has 2 aliphatic rings. The van der Waals surface area contributed by atoms with Crippen molar-refractivity contribution in [1.29, 1.82) is 0 Å². The molecular weight excluding hydrogens is 312 g/mol. The minimum absolute atomic E-state index is 0. The predicted molar refractivity (Wildman–Crippen MR) is 94.2 cm³/mol. The van der Waals surface area contributed by atoms with Gasteiger partial charge in [0.05, 0.1) is 13.2 Å². The number of carbonyl (C=O) groups excluding carboxylic acids is 1. The highest BCUT2D eigenvalue weighted by Gasteiger charge is 2.37. The van der Waals surface area contributed by atoms with Gasteiger partial charge in [-0.15, -0.1) is 12.4 Å². The highest BCUT2D eigenvalue weighted by Crippen LogP contribution is 2.33. The molecule has 1 aromatic carbocycles. The van der Waals surface area contributed by atoms with E-state index in [1.165, 1.54) is 31.2 Å². The van der Waals surface area contributed by atoms with Gasteiger partial charge in [0.1, 0.15) is 5.75 Å². The Balaban J connectivity index is 0.00000192. The normalized spacial score (nSPS) is 26.0. The molecule has 23 heavy (non-hydrogen) atoms. The molecule has 4 nitrogen and oxygen atoms in total. The summed E-state index contributed by atoms with van der Waals surface area (Å²) in [5.74, 6) is 1.75. The molecule has 1 aliphatic carbocycles. The van der Waals surface area contributed by atoms with Crippen molar-refractivity contribution in [3.63, 3.8) is 0 Å². The van der Waals surface area contributed by atoms with E-state index >= 15 is 0 Å². The lowest BCUT2D eigenvalue weighted by Crippen LogP contribution is -2.43. The van der Waals surface area contributed by atoms with Gasteiger partial charge >= 0.3 is 0 Å². The number of halogens is 1. The lowest BCUT2D eigenvalue weighted by molar-refractivity contribution is -0.122. The number of amides is 1.